The highest BCUT2D eigenvalue weighted by molar-refractivity contribution is 7.87. The summed E-state index contributed by atoms with van der Waals surface area (Å²) < 4.78 is 32.0. The number of nitrogens with one attached hydrogen (secondary N) is 2. The minimum Gasteiger partial charge on any atom is -0.379 e. The number of urea groups is 1. The van der Waals surface area contributed by atoms with E-state index in [-0.39, 0.29) is 35.2 Å². The van der Waals surface area contributed by atoms with Gasteiger partial charge in [0.05, 0.1) is 6.54 Å². The smallest absolute Gasteiger partial charge is 0.339 e. The minimum absolute atomic E-state index is 0.0337. The van der Waals surface area contributed by atoms with Gasteiger partial charge in [-0.3, -0.25) is 4.79 Å². The monoisotopic (exact) mass is 502 g/mol. The molecule has 10 heteroatoms. The van der Waals surface area contributed by atoms with Crippen LogP contribution < -0.4 is 19.7 Å². The van der Waals surface area contributed by atoms with E-state index in [1.165, 1.54) is 31.2 Å². The number of amides is 3. The molecule has 0 saturated heterocycles. The lowest BCUT2D eigenvalue weighted by Crippen LogP contribution is -2.40. The van der Waals surface area contributed by atoms with Crippen molar-refractivity contribution < 1.29 is 22.2 Å². The van der Waals surface area contributed by atoms with E-state index in [0.717, 1.165) is 31.6 Å². The number of carbonyl (C=O) groups is 2. The molecular formula is C25H34N4O5S. The molecule has 9 nitrogen and oxygen atoms in total. The molecule has 35 heavy (non-hydrogen) atoms. The lowest BCUT2D eigenvalue weighted by Gasteiger charge is -2.26. The Labute approximate surface area is 207 Å². The van der Waals surface area contributed by atoms with Gasteiger partial charge in [-0.1, -0.05) is 6.07 Å². The molecule has 0 aromatic heterocycles. The fourth-order valence-electron chi connectivity index (χ4n) is 3.80. The second-order valence-electron chi connectivity index (χ2n) is 8.40. The summed E-state index contributed by atoms with van der Waals surface area (Å²) in [5, 5.41) is 5.45. The third-order valence-electron chi connectivity index (χ3n) is 5.76. The third kappa shape index (κ3) is 6.88. The molecule has 1 aliphatic rings. The van der Waals surface area contributed by atoms with Gasteiger partial charge < -0.3 is 24.6 Å². The van der Waals surface area contributed by atoms with Crippen LogP contribution >= 0.6 is 0 Å². The fourth-order valence-corrected chi connectivity index (χ4v) is 4.76. The van der Waals surface area contributed by atoms with Gasteiger partial charge in [0.15, 0.2) is 0 Å². The Kier molecular flexibility index (Phi) is 8.61. The van der Waals surface area contributed by atoms with E-state index >= 15 is 0 Å². The molecule has 0 radical (unpaired) electrons. The van der Waals surface area contributed by atoms with Gasteiger partial charge in [0.25, 0.3) is 0 Å². The summed E-state index contributed by atoms with van der Waals surface area (Å²) in [6, 6.07) is 11.2. The van der Waals surface area contributed by atoms with E-state index in [0.29, 0.717) is 17.8 Å². The van der Waals surface area contributed by atoms with Gasteiger partial charge >= 0.3 is 16.1 Å². The van der Waals surface area contributed by atoms with Crippen LogP contribution in [0.4, 0.5) is 16.2 Å². The molecule has 3 rings (SSSR count). The van der Waals surface area contributed by atoms with Crippen molar-refractivity contribution in [2.45, 2.75) is 58.0 Å². The molecule has 1 aliphatic carbocycles. The lowest BCUT2D eigenvalue weighted by molar-refractivity contribution is -0.114. The quantitative estimate of drug-likeness (QED) is 0.451. The van der Waals surface area contributed by atoms with Crippen molar-refractivity contribution in [2.24, 2.45) is 0 Å². The van der Waals surface area contributed by atoms with Gasteiger partial charge in [0, 0.05) is 55.6 Å². The van der Waals surface area contributed by atoms with E-state index in [1.807, 2.05) is 32.9 Å². The van der Waals surface area contributed by atoms with Gasteiger partial charge in [0.2, 0.25) is 5.91 Å². The molecule has 0 atom stereocenters. The van der Waals surface area contributed by atoms with Crippen LogP contribution in [0.1, 0.15) is 46.1 Å². The zero-order chi connectivity index (χ0) is 25.6. The number of anilines is 2. The molecule has 2 aromatic rings. The van der Waals surface area contributed by atoms with Crippen LogP contribution in [0.15, 0.2) is 47.4 Å². The largest absolute Gasteiger partial charge is 0.379 e. The SMILES string of the molecule is CCNC(=O)N(Cc1ccc(N(CC)CC)cc1OS(=O)(=O)c1ccc(NC(C)=O)cc1)C1CC1. The maximum absolute atomic E-state index is 13.2. The number of carbonyl (C=O) groups excluding carboxylic acids is 2. The summed E-state index contributed by atoms with van der Waals surface area (Å²) in [5.74, 6) is -0.0580. The fraction of sp³-hybridized carbons (Fsp3) is 0.440. The minimum atomic E-state index is -4.16. The van der Waals surface area contributed by atoms with Gasteiger partial charge in [-0.25, -0.2) is 4.79 Å². The van der Waals surface area contributed by atoms with E-state index in [2.05, 4.69) is 15.5 Å². The second kappa shape index (κ2) is 11.4. The maximum Gasteiger partial charge on any atom is 0.339 e. The summed E-state index contributed by atoms with van der Waals surface area (Å²) in [4.78, 5) is 27.7. The average molecular weight is 503 g/mol. The van der Waals surface area contributed by atoms with Crippen molar-refractivity contribution in [1.29, 1.82) is 0 Å². The zero-order valence-corrected chi connectivity index (χ0v) is 21.5. The molecule has 2 aromatic carbocycles. The molecule has 190 valence electrons. The van der Waals surface area contributed by atoms with Crippen LogP contribution in [0.25, 0.3) is 0 Å². The molecule has 0 unspecified atom stereocenters. The van der Waals surface area contributed by atoms with Crippen molar-refractivity contribution in [3.63, 3.8) is 0 Å². The average Bonchev–Trinajstić information content (AvgIpc) is 3.64. The highest BCUT2D eigenvalue weighted by Crippen LogP contribution is 2.34. The van der Waals surface area contributed by atoms with Crippen molar-refractivity contribution in [2.75, 3.05) is 29.9 Å². The first-order valence-electron chi connectivity index (χ1n) is 11.9. The third-order valence-corrected chi connectivity index (χ3v) is 7.01. The number of hydrogen-bond acceptors (Lipinski definition) is 6. The Morgan fingerprint density at radius 2 is 1.69 bits per heavy atom. The molecule has 1 fully saturated rings. The first-order chi connectivity index (χ1) is 16.7. The number of hydrogen-bond donors (Lipinski definition) is 2. The van der Waals surface area contributed by atoms with Gasteiger partial charge in [0.1, 0.15) is 10.6 Å². The van der Waals surface area contributed by atoms with Gasteiger partial charge in [-0.15, -0.1) is 0 Å². The first kappa shape index (κ1) is 26.3. The Balaban J connectivity index is 1.94. The van der Waals surface area contributed by atoms with Crippen LogP contribution in [-0.2, 0) is 21.5 Å². The van der Waals surface area contributed by atoms with Crippen molar-refractivity contribution in [3.8, 4) is 5.75 Å². The molecule has 0 aliphatic heterocycles. The van der Waals surface area contributed by atoms with E-state index in [1.54, 1.807) is 11.0 Å². The summed E-state index contributed by atoms with van der Waals surface area (Å²) in [6.45, 7) is 9.53. The van der Waals surface area contributed by atoms with Crippen molar-refractivity contribution in [1.82, 2.24) is 10.2 Å². The van der Waals surface area contributed by atoms with Gasteiger partial charge in [-0.2, -0.15) is 8.42 Å². The van der Waals surface area contributed by atoms with Crippen LogP contribution in [0.2, 0.25) is 0 Å². The Morgan fingerprint density at radius 3 is 2.23 bits per heavy atom. The Morgan fingerprint density at radius 1 is 1.03 bits per heavy atom. The number of benzene rings is 2. The van der Waals surface area contributed by atoms with Crippen molar-refractivity contribution in [3.05, 3.63) is 48.0 Å². The molecule has 0 heterocycles. The highest BCUT2D eigenvalue weighted by Gasteiger charge is 2.33. The molecule has 0 bridgehead atoms. The molecule has 0 spiro atoms. The normalized spacial score (nSPS) is 13.1. The van der Waals surface area contributed by atoms with Crippen LogP contribution in [0.5, 0.6) is 5.75 Å². The number of rotatable bonds is 11. The first-order valence-corrected chi connectivity index (χ1v) is 13.3. The van der Waals surface area contributed by atoms with Crippen LogP contribution in [0.3, 0.4) is 0 Å². The Bertz CT molecular complexity index is 1140. The lowest BCUT2D eigenvalue weighted by atomic mass is 10.1. The number of nitrogens with zero attached hydrogens (tertiary/aromatic N) is 2. The molecule has 1 saturated carbocycles. The zero-order valence-electron chi connectivity index (χ0n) is 20.7. The predicted octanol–water partition coefficient (Wildman–Crippen LogP) is 3.95. The van der Waals surface area contributed by atoms with Gasteiger partial charge in [-0.05, 0) is 63.9 Å². The predicted molar refractivity (Wildman–Crippen MR) is 136 cm³/mol. The summed E-state index contributed by atoms with van der Waals surface area (Å²) in [7, 11) is -4.16. The second-order valence-corrected chi connectivity index (χ2v) is 9.95. The molecule has 3 amide bonds. The van der Waals surface area contributed by atoms with E-state index in [4.69, 9.17) is 4.18 Å². The van der Waals surface area contributed by atoms with Crippen LogP contribution in [-0.4, -0.2) is 50.9 Å². The molecular weight excluding hydrogens is 468 g/mol. The van der Waals surface area contributed by atoms with Crippen LogP contribution in [0, 0.1) is 0 Å². The standard InChI is InChI=1S/C25H34N4O5S/c1-5-26-25(31)29(21-12-13-21)17-19-8-11-22(28(6-2)7-3)16-24(19)34-35(32,33)23-14-9-20(10-15-23)27-18(4)30/h8-11,14-16,21H,5-7,12-13,17H2,1-4H3,(H,26,31)(H,27,30). The van der Waals surface area contributed by atoms with E-state index < -0.39 is 10.1 Å². The van der Waals surface area contributed by atoms with E-state index in [9.17, 15) is 18.0 Å². The van der Waals surface area contributed by atoms with Crippen molar-refractivity contribution >= 4 is 33.4 Å². The summed E-state index contributed by atoms with van der Waals surface area (Å²) in [5.41, 5.74) is 1.93. The highest BCUT2D eigenvalue weighted by atomic mass is 32.2. The molecule has 2 N–H and O–H groups in total. The summed E-state index contributed by atoms with van der Waals surface area (Å²) >= 11 is 0. The Hall–Kier alpha value is -3.27. The summed E-state index contributed by atoms with van der Waals surface area (Å²) in [6.07, 6.45) is 1.84. The maximum atomic E-state index is 13.2. The topological polar surface area (TPSA) is 108 Å².